The van der Waals surface area contributed by atoms with Crippen molar-refractivity contribution in [3.8, 4) is 0 Å². The molecule has 3 nitrogen and oxygen atoms in total. The first kappa shape index (κ1) is 15.8. The van der Waals surface area contributed by atoms with Crippen LogP contribution < -0.4 is 5.32 Å². The minimum Gasteiger partial charge on any atom is -0.376 e. The van der Waals surface area contributed by atoms with Crippen LogP contribution in [0.2, 0.25) is 0 Å². The Bertz CT molecular complexity index is 549. The molecule has 3 aliphatic rings. The molecule has 1 N–H and O–H groups in total. The van der Waals surface area contributed by atoms with Crippen molar-refractivity contribution in [2.45, 2.75) is 48.9 Å². The van der Waals surface area contributed by atoms with E-state index in [1.165, 1.54) is 37.9 Å². The maximum Gasteiger partial charge on any atom is 0.0717 e. The van der Waals surface area contributed by atoms with Crippen molar-refractivity contribution in [2.75, 3.05) is 19.7 Å². The van der Waals surface area contributed by atoms with E-state index >= 15 is 0 Å². The number of hydrogen-bond donors (Lipinski definition) is 1. The summed E-state index contributed by atoms with van der Waals surface area (Å²) in [6.07, 6.45) is 6.31. The van der Waals surface area contributed by atoms with Gasteiger partial charge in [0.1, 0.15) is 0 Å². The van der Waals surface area contributed by atoms with Gasteiger partial charge in [-0.2, -0.15) is 0 Å². The minimum absolute atomic E-state index is 0.416. The summed E-state index contributed by atoms with van der Waals surface area (Å²) in [6, 6.07) is 8.18. The zero-order valence-corrected chi connectivity index (χ0v) is 14.5. The molecule has 0 spiro atoms. The second kappa shape index (κ2) is 7.04. The second-order valence-corrected chi connectivity index (χ2v) is 9.14. The van der Waals surface area contributed by atoms with Crippen LogP contribution in [-0.4, -0.2) is 29.2 Å². The van der Waals surface area contributed by atoms with Crippen LogP contribution in [0.25, 0.3) is 0 Å². The Morgan fingerprint density at radius 3 is 2.52 bits per heavy atom. The average molecular weight is 333 g/mol. The minimum atomic E-state index is -0.789. The van der Waals surface area contributed by atoms with Gasteiger partial charge in [0.25, 0.3) is 0 Å². The summed E-state index contributed by atoms with van der Waals surface area (Å²) in [5.41, 5.74) is 1.20. The normalized spacial score (nSPS) is 29.4. The number of ether oxygens (including phenoxy) is 1. The number of rotatable bonds is 7. The Labute approximate surface area is 141 Å². The quantitative estimate of drug-likeness (QED) is 0.833. The molecule has 1 aliphatic heterocycles. The van der Waals surface area contributed by atoms with Gasteiger partial charge in [-0.05, 0) is 80.6 Å². The first-order valence-electron chi connectivity index (χ1n) is 9.09. The van der Waals surface area contributed by atoms with Crippen LogP contribution in [0.4, 0.5) is 0 Å². The van der Waals surface area contributed by atoms with Gasteiger partial charge in [-0.25, -0.2) is 0 Å². The maximum absolute atomic E-state index is 12.1. The highest BCUT2D eigenvalue weighted by molar-refractivity contribution is 7.86. The number of nitrogens with one attached hydrogen (secondary N) is 1. The summed E-state index contributed by atoms with van der Waals surface area (Å²) in [7, 11) is -0.789. The summed E-state index contributed by atoms with van der Waals surface area (Å²) in [5.74, 6) is 2.64. The zero-order chi connectivity index (χ0) is 15.6. The van der Waals surface area contributed by atoms with Crippen LogP contribution in [0.5, 0.6) is 0 Å². The second-order valence-electron chi connectivity index (χ2n) is 7.40. The van der Waals surface area contributed by atoms with Gasteiger partial charge >= 0.3 is 0 Å². The monoisotopic (exact) mass is 333 g/mol. The molecule has 4 heteroatoms. The standard InChI is InChI=1S/C19H27NO2S/c21-23(18-5-6-18)17-3-1-14(2-4-17)12-22-13-16-11-19(16)15-7-9-20-10-8-15/h1-4,15-16,18-20H,5-13H2. The topological polar surface area (TPSA) is 38.3 Å². The molecule has 1 aromatic rings. The van der Waals surface area contributed by atoms with Gasteiger partial charge in [-0.1, -0.05) is 12.1 Å². The van der Waals surface area contributed by atoms with Crippen LogP contribution in [0, 0.1) is 17.8 Å². The lowest BCUT2D eigenvalue weighted by atomic mass is 9.92. The summed E-state index contributed by atoms with van der Waals surface area (Å²) >= 11 is 0. The highest BCUT2D eigenvalue weighted by Crippen LogP contribution is 2.47. The van der Waals surface area contributed by atoms with Gasteiger partial charge < -0.3 is 10.1 Å². The largest absolute Gasteiger partial charge is 0.376 e. The molecule has 2 saturated carbocycles. The van der Waals surface area contributed by atoms with Crippen LogP contribution in [-0.2, 0) is 22.1 Å². The van der Waals surface area contributed by atoms with Crippen molar-refractivity contribution in [3.05, 3.63) is 29.8 Å². The molecule has 1 saturated heterocycles. The van der Waals surface area contributed by atoms with Crippen molar-refractivity contribution in [1.29, 1.82) is 0 Å². The van der Waals surface area contributed by atoms with E-state index < -0.39 is 10.8 Å². The first-order chi connectivity index (χ1) is 11.3. The van der Waals surface area contributed by atoms with E-state index in [4.69, 9.17) is 4.74 Å². The van der Waals surface area contributed by atoms with Crippen LogP contribution in [0.15, 0.2) is 29.2 Å². The molecule has 0 radical (unpaired) electrons. The predicted molar refractivity (Wildman–Crippen MR) is 92.7 cm³/mol. The maximum atomic E-state index is 12.1. The molecule has 2 aliphatic carbocycles. The Morgan fingerprint density at radius 1 is 1.09 bits per heavy atom. The predicted octanol–water partition coefficient (Wildman–Crippen LogP) is 3.11. The Hall–Kier alpha value is -0.710. The van der Waals surface area contributed by atoms with E-state index in [1.807, 2.05) is 12.1 Å². The van der Waals surface area contributed by atoms with Gasteiger partial charge in [-0.15, -0.1) is 0 Å². The van der Waals surface area contributed by atoms with Crippen molar-refractivity contribution in [3.63, 3.8) is 0 Å². The number of benzene rings is 1. The summed E-state index contributed by atoms with van der Waals surface area (Å²) < 4.78 is 18.0. The van der Waals surface area contributed by atoms with E-state index in [-0.39, 0.29) is 0 Å². The first-order valence-corrected chi connectivity index (χ1v) is 10.3. The fourth-order valence-corrected chi connectivity index (χ4v) is 5.19. The van der Waals surface area contributed by atoms with Crippen molar-refractivity contribution in [2.24, 2.45) is 17.8 Å². The van der Waals surface area contributed by atoms with Crippen molar-refractivity contribution >= 4 is 10.8 Å². The Kier molecular flexibility index (Phi) is 4.83. The van der Waals surface area contributed by atoms with Crippen LogP contribution >= 0.6 is 0 Å². The smallest absolute Gasteiger partial charge is 0.0717 e. The molecule has 1 aromatic carbocycles. The van der Waals surface area contributed by atoms with Crippen LogP contribution in [0.1, 0.15) is 37.7 Å². The molecule has 23 heavy (non-hydrogen) atoms. The van der Waals surface area contributed by atoms with Gasteiger partial charge in [0.2, 0.25) is 0 Å². The third-order valence-corrected chi connectivity index (χ3v) is 7.36. The zero-order valence-electron chi connectivity index (χ0n) is 13.7. The third-order valence-electron chi connectivity index (χ3n) is 5.55. The van der Waals surface area contributed by atoms with Gasteiger partial charge in [0.05, 0.1) is 24.0 Å². The molecule has 3 unspecified atom stereocenters. The average Bonchev–Trinajstić information content (AvgIpc) is 3.49. The van der Waals surface area contributed by atoms with E-state index in [9.17, 15) is 4.21 Å². The van der Waals surface area contributed by atoms with E-state index in [2.05, 4.69) is 17.4 Å². The molecule has 1 heterocycles. The molecule has 0 bridgehead atoms. The van der Waals surface area contributed by atoms with Crippen LogP contribution in [0.3, 0.4) is 0 Å². The highest BCUT2D eigenvalue weighted by Gasteiger charge is 2.42. The van der Waals surface area contributed by atoms with Crippen molar-refractivity contribution < 1.29 is 8.95 Å². The lowest BCUT2D eigenvalue weighted by molar-refractivity contribution is 0.104. The summed E-state index contributed by atoms with van der Waals surface area (Å²) in [6.45, 7) is 3.99. The molecule has 0 aromatic heterocycles. The lowest BCUT2D eigenvalue weighted by Crippen LogP contribution is -2.29. The number of hydrogen-bond acceptors (Lipinski definition) is 3. The molecule has 126 valence electrons. The summed E-state index contributed by atoms with van der Waals surface area (Å²) in [4.78, 5) is 0.976. The molecular formula is C19H27NO2S. The van der Waals surface area contributed by atoms with Crippen molar-refractivity contribution in [1.82, 2.24) is 5.32 Å². The highest BCUT2D eigenvalue weighted by atomic mass is 32.2. The van der Waals surface area contributed by atoms with E-state index in [0.717, 1.165) is 42.1 Å². The molecule has 3 atom stereocenters. The third kappa shape index (κ3) is 4.04. The summed E-state index contributed by atoms with van der Waals surface area (Å²) in [5, 5.41) is 3.86. The molecular weight excluding hydrogens is 306 g/mol. The Balaban J connectivity index is 1.19. The molecule has 3 fully saturated rings. The fraction of sp³-hybridized carbons (Fsp3) is 0.684. The van der Waals surface area contributed by atoms with E-state index in [0.29, 0.717) is 11.9 Å². The lowest BCUT2D eigenvalue weighted by Gasteiger charge is -2.22. The molecule has 0 amide bonds. The van der Waals surface area contributed by atoms with Gasteiger partial charge in [0, 0.05) is 10.1 Å². The number of piperidine rings is 1. The Morgan fingerprint density at radius 2 is 1.83 bits per heavy atom. The van der Waals surface area contributed by atoms with Gasteiger partial charge in [0.15, 0.2) is 0 Å². The van der Waals surface area contributed by atoms with Gasteiger partial charge in [-0.3, -0.25) is 4.21 Å². The SMILES string of the molecule is O=S(c1ccc(COCC2CC2C2CCNCC2)cc1)C1CC1. The van der Waals surface area contributed by atoms with E-state index in [1.54, 1.807) is 0 Å². The fourth-order valence-electron chi connectivity index (χ4n) is 3.83. The molecule has 4 rings (SSSR count).